The highest BCUT2D eigenvalue weighted by Crippen LogP contribution is 2.29. The highest BCUT2D eigenvalue weighted by Gasteiger charge is 2.16. The number of nitrogens with one attached hydrogen (secondary N) is 1. The number of likely N-dealkylation sites (N-methyl/N-ethyl adjacent to an activating group) is 1. The topological polar surface area (TPSA) is 24.5 Å². The summed E-state index contributed by atoms with van der Waals surface area (Å²) in [5.74, 6) is 0.977. The van der Waals surface area contributed by atoms with Crippen molar-refractivity contribution in [1.29, 1.82) is 0 Å². The zero-order chi connectivity index (χ0) is 13.8. The first-order valence-electron chi connectivity index (χ1n) is 7.22. The Bertz CT molecular complexity index is 425. The number of anilines is 1. The zero-order valence-electron chi connectivity index (χ0n) is 12.6. The summed E-state index contributed by atoms with van der Waals surface area (Å²) < 4.78 is 5.38. The van der Waals surface area contributed by atoms with Gasteiger partial charge in [0, 0.05) is 25.3 Å². The molecule has 1 saturated heterocycles. The van der Waals surface area contributed by atoms with Gasteiger partial charge in [-0.15, -0.1) is 0 Å². The van der Waals surface area contributed by atoms with Crippen LogP contribution in [0.25, 0.3) is 0 Å². The molecule has 1 atom stereocenters. The van der Waals surface area contributed by atoms with Crippen molar-refractivity contribution in [3.05, 3.63) is 23.3 Å². The summed E-state index contributed by atoms with van der Waals surface area (Å²) in [6.45, 7) is 6.55. The minimum atomic E-state index is 0.626. The molecular formula is C16H26N2O. The van der Waals surface area contributed by atoms with Crippen LogP contribution in [0.4, 0.5) is 5.69 Å². The van der Waals surface area contributed by atoms with Gasteiger partial charge >= 0.3 is 0 Å². The lowest BCUT2D eigenvalue weighted by Gasteiger charge is -2.30. The van der Waals surface area contributed by atoms with E-state index in [-0.39, 0.29) is 0 Å². The highest BCUT2D eigenvalue weighted by molar-refractivity contribution is 5.59. The van der Waals surface area contributed by atoms with E-state index in [0.717, 1.165) is 12.3 Å². The molecule has 1 fully saturated rings. The molecule has 0 aromatic heterocycles. The third kappa shape index (κ3) is 3.21. The standard InChI is InChI=1S/C16H26N2O/c1-12-13(2)16(19-4)9-8-15(12)18(3)11-14-7-5-6-10-17-14/h8-9,14,17H,5-7,10-11H2,1-4H3. The molecule has 0 amide bonds. The van der Waals surface area contributed by atoms with E-state index in [1.807, 2.05) is 0 Å². The highest BCUT2D eigenvalue weighted by atomic mass is 16.5. The van der Waals surface area contributed by atoms with Crippen molar-refractivity contribution in [2.24, 2.45) is 0 Å². The monoisotopic (exact) mass is 262 g/mol. The van der Waals surface area contributed by atoms with Crippen LogP contribution in [0.1, 0.15) is 30.4 Å². The van der Waals surface area contributed by atoms with Gasteiger partial charge in [0.2, 0.25) is 0 Å². The van der Waals surface area contributed by atoms with Gasteiger partial charge in [-0.2, -0.15) is 0 Å². The number of methoxy groups -OCH3 is 1. The summed E-state index contributed by atoms with van der Waals surface area (Å²) in [7, 11) is 3.92. The summed E-state index contributed by atoms with van der Waals surface area (Å²) in [6, 6.07) is 4.87. The number of nitrogens with zero attached hydrogens (tertiary/aromatic N) is 1. The van der Waals surface area contributed by atoms with Crippen LogP contribution in [-0.2, 0) is 0 Å². The quantitative estimate of drug-likeness (QED) is 0.903. The molecule has 1 aromatic rings. The van der Waals surface area contributed by atoms with Crippen molar-refractivity contribution in [3.8, 4) is 5.75 Å². The summed E-state index contributed by atoms with van der Waals surface area (Å²) >= 11 is 0. The van der Waals surface area contributed by atoms with Crippen molar-refractivity contribution in [3.63, 3.8) is 0 Å². The third-order valence-electron chi connectivity index (χ3n) is 4.25. The number of hydrogen-bond donors (Lipinski definition) is 1. The molecule has 106 valence electrons. The minimum absolute atomic E-state index is 0.626. The van der Waals surface area contributed by atoms with E-state index in [4.69, 9.17) is 4.74 Å². The van der Waals surface area contributed by atoms with Crippen molar-refractivity contribution in [1.82, 2.24) is 5.32 Å². The summed E-state index contributed by atoms with van der Waals surface area (Å²) in [5, 5.41) is 3.61. The van der Waals surface area contributed by atoms with Crippen LogP contribution in [0.15, 0.2) is 12.1 Å². The lowest BCUT2D eigenvalue weighted by Crippen LogP contribution is -2.42. The number of rotatable bonds is 4. The van der Waals surface area contributed by atoms with Gasteiger partial charge in [-0.05, 0) is 56.5 Å². The maximum atomic E-state index is 5.38. The average molecular weight is 262 g/mol. The normalized spacial score (nSPS) is 19.3. The van der Waals surface area contributed by atoms with Gasteiger partial charge in [0.05, 0.1) is 7.11 Å². The maximum absolute atomic E-state index is 5.38. The lowest BCUT2D eigenvalue weighted by molar-refractivity contribution is 0.402. The molecule has 0 saturated carbocycles. The summed E-state index contributed by atoms with van der Waals surface area (Å²) in [4.78, 5) is 2.37. The number of hydrogen-bond acceptors (Lipinski definition) is 3. The molecule has 1 heterocycles. The molecule has 1 N–H and O–H groups in total. The molecule has 1 aliphatic heterocycles. The average Bonchev–Trinajstić information content (AvgIpc) is 2.42. The summed E-state index contributed by atoms with van der Waals surface area (Å²) in [5.41, 5.74) is 3.87. The van der Waals surface area contributed by atoms with Gasteiger partial charge < -0.3 is 15.0 Å². The first-order valence-corrected chi connectivity index (χ1v) is 7.22. The van der Waals surface area contributed by atoms with E-state index in [1.165, 1.54) is 42.6 Å². The van der Waals surface area contributed by atoms with Crippen molar-refractivity contribution in [2.45, 2.75) is 39.2 Å². The Labute approximate surface area is 116 Å². The van der Waals surface area contributed by atoms with Gasteiger partial charge in [0.1, 0.15) is 5.75 Å². The summed E-state index contributed by atoms with van der Waals surface area (Å²) in [6.07, 6.45) is 3.96. The smallest absolute Gasteiger partial charge is 0.122 e. The van der Waals surface area contributed by atoms with Crippen molar-refractivity contribution >= 4 is 5.69 Å². The fourth-order valence-corrected chi connectivity index (χ4v) is 2.92. The minimum Gasteiger partial charge on any atom is -0.496 e. The van der Waals surface area contributed by atoms with E-state index >= 15 is 0 Å². The molecular weight excluding hydrogens is 236 g/mol. The number of benzene rings is 1. The first kappa shape index (κ1) is 14.2. The van der Waals surface area contributed by atoms with Crippen LogP contribution in [0.2, 0.25) is 0 Å². The second kappa shape index (κ2) is 6.29. The van der Waals surface area contributed by atoms with Crippen LogP contribution < -0.4 is 15.0 Å². The third-order valence-corrected chi connectivity index (χ3v) is 4.25. The van der Waals surface area contributed by atoms with Crippen LogP contribution in [-0.4, -0.2) is 33.3 Å². The molecule has 0 spiro atoms. The fourth-order valence-electron chi connectivity index (χ4n) is 2.92. The molecule has 1 aliphatic rings. The predicted molar refractivity (Wildman–Crippen MR) is 81.4 cm³/mol. The van der Waals surface area contributed by atoms with Crippen LogP contribution in [0, 0.1) is 13.8 Å². The number of ether oxygens (including phenoxy) is 1. The molecule has 1 unspecified atom stereocenters. The van der Waals surface area contributed by atoms with Gasteiger partial charge in [0.25, 0.3) is 0 Å². The van der Waals surface area contributed by atoms with E-state index in [1.54, 1.807) is 7.11 Å². The SMILES string of the molecule is COc1ccc(N(C)CC2CCCCN2)c(C)c1C. The predicted octanol–water partition coefficient (Wildman–Crippen LogP) is 2.89. The van der Waals surface area contributed by atoms with Crippen LogP contribution in [0.3, 0.4) is 0 Å². The van der Waals surface area contributed by atoms with Crippen LogP contribution >= 0.6 is 0 Å². The van der Waals surface area contributed by atoms with Gasteiger partial charge in [-0.1, -0.05) is 6.42 Å². The molecule has 1 aromatic carbocycles. The molecule has 0 aliphatic carbocycles. The number of piperidine rings is 1. The van der Waals surface area contributed by atoms with E-state index in [0.29, 0.717) is 6.04 Å². The molecule has 3 nitrogen and oxygen atoms in total. The maximum Gasteiger partial charge on any atom is 0.122 e. The molecule has 19 heavy (non-hydrogen) atoms. The Morgan fingerprint density at radius 1 is 1.26 bits per heavy atom. The Balaban J connectivity index is 2.10. The van der Waals surface area contributed by atoms with Crippen molar-refractivity contribution < 1.29 is 4.74 Å². The lowest BCUT2D eigenvalue weighted by atomic mass is 10.0. The van der Waals surface area contributed by atoms with Crippen molar-refractivity contribution in [2.75, 3.05) is 32.1 Å². The zero-order valence-corrected chi connectivity index (χ0v) is 12.6. The fraction of sp³-hybridized carbons (Fsp3) is 0.625. The Hall–Kier alpha value is -1.22. The first-order chi connectivity index (χ1) is 9.13. The molecule has 2 rings (SSSR count). The Kier molecular flexibility index (Phi) is 4.70. The molecule has 0 bridgehead atoms. The van der Waals surface area contributed by atoms with E-state index in [2.05, 4.69) is 43.2 Å². The van der Waals surface area contributed by atoms with E-state index < -0.39 is 0 Å². The largest absolute Gasteiger partial charge is 0.496 e. The van der Waals surface area contributed by atoms with Gasteiger partial charge in [-0.3, -0.25) is 0 Å². The molecule has 3 heteroatoms. The Morgan fingerprint density at radius 3 is 2.68 bits per heavy atom. The Morgan fingerprint density at radius 2 is 2.05 bits per heavy atom. The van der Waals surface area contributed by atoms with Crippen LogP contribution in [0.5, 0.6) is 5.75 Å². The second-order valence-electron chi connectivity index (χ2n) is 5.56. The molecule has 0 radical (unpaired) electrons. The van der Waals surface area contributed by atoms with Gasteiger partial charge in [-0.25, -0.2) is 0 Å². The van der Waals surface area contributed by atoms with E-state index in [9.17, 15) is 0 Å². The van der Waals surface area contributed by atoms with Gasteiger partial charge in [0.15, 0.2) is 0 Å². The second-order valence-corrected chi connectivity index (χ2v) is 5.56.